The summed E-state index contributed by atoms with van der Waals surface area (Å²) in [5, 5.41) is 10.7. The van der Waals surface area contributed by atoms with Crippen molar-refractivity contribution >= 4 is 38.9 Å². The van der Waals surface area contributed by atoms with E-state index in [1.807, 2.05) is 0 Å². The smallest absolute Gasteiger partial charge is 0.294 e. The molecule has 8 heteroatoms. The Labute approximate surface area is 145 Å². The highest BCUT2D eigenvalue weighted by Crippen LogP contribution is 2.21. The van der Waals surface area contributed by atoms with Crippen LogP contribution in [0.4, 0.5) is 5.69 Å². The fourth-order valence-electron chi connectivity index (χ4n) is 2.44. The second-order valence-electron chi connectivity index (χ2n) is 5.27. The third kappa shape index (κ3) is 2.99. The normalized spacial score (nSPS) is 10.8. The molecule has 1 heterocycles. The van der Waals surface area contributed by atoms with Gasteiger partial charge in [0.25, 0.3) is 11.6 Å². The molecule has 0 aliphatic heterocycles. The minimum Gasteiger partial charge on any atom is -0.294 e. The number of benzene rings is 2. The highest BCUT2D eigenvalue weighted by Gasteiger charge is 2.18. The maximum atomic E-state index is 12.6. The second kappa shape index (κ2) is 6.40. The molecule has 0 N–H and O–H groups in total. The Hall–Kier alpha value is -3.13. The minimum absolute atomic E-state index is 0.0454. The molecular weight excluding hydrogens is 344 g/mol. The van der Waals surface area contributed by atoms with Gasteiger partial charge >= 0.3 is 4.87 Å². The number of non-ortho nitro benzene ring substituents is 1. The van der Waals surface area contributed by atoms with Crippen LogP contribution < -0.4 is 4.87 Å². The van der Waals surface area contributed by atoms with Gasteiger partial charge in [0.1, 0.15) is 0 Å². The molecule has 0 amide bonds. The molecular formula is C17H12N2O5S. The van der Waals surface area contributed by atoms with Crippen LogP contribution in [0.15, 0.2) is 47.3 Å². The predicted molar refractivity (Wildman–Crippen MR) is 93.5 cm³/mol. The van der Waals surface area contributed by atoms with E-state index in [4.69, 9.17) is 0 Å². The Balaban J connectivity index is 2.07. The van der Waals surface area contributed by atoms with Gasteiger partial charge in [-0.15, -0.1) is 0 Å². The first-order valence-electron chi connectivity index (χ1n) is 7.40. The third-order valence-corrected chi connectivity index (χ3v) is 4.66. The van der Waals surface area contributed by atoms with Crippen molar-refractivity contribution in [2.45, 2.75) is 13.3 Å². The molecule has 0 atom stereocenters. The molecule has 2 aromatic carbocycles. The number of Topliss-reactive ketones (excluding diaryl/α,β-unsaturated/α-hetero) is 1. The first kappa shape index (κ1) is 16.7. The quantitative estimate of drug-likeness (QED) is 0.406. The van der Waals surface area contributed by atoms with Crippen LogP contribution in [0.25, 0.3) is 10.2 Å². The van der Waals surface area contributed by atoms with Gasteiger partial charge < -0.3 is 0 Å². The molecule has 25 heavy (non-hydrogen) atoms. The zero-order valence-corrected chi connectivity index (χ0v) is 13.9. The van der Waals surface area contributed by atoms with Crippen molar-refractivity contribution in [3.8, 4) is 0 Å². The number of thiazole rings is 1. The van der Waals surface area contributed by atoms with Gasteiger partial charge in [-0.05, 0) is 30.3 Å². The molecule has 3 aromatic rings. The van der Waals surface area contributed by atoms with Gasteiger partial charge in [-0.1, -0.05) is 18.3 Å². The largest absolute Gasteiger partial charge is 0.315 e. The van der Waals surface area contributed by atoms with Crippen molar-refractivity contribution in [2.75, 3.05) is 0 Å². The van der Waals surface area contributed by atoms with E-state index in [0.29, 0.717) is 22.2 Å². The third-order valence-electron chi connectivity index (χ3n) is 3.75. The standard InChI is InChI=1S/C17H12N2O5S/c1-2-14(20)11-5-8-13-15(9-11)25-17(22)18(13)16(21)10-3-6-12(7-4-10)19(23)24/h3-9H,2H2,1H3. The number of carbonyl (C=O) groups is 2. The lowest BCUT2D eigenvalue weighted by atomic mass is 10.1. The van der Waals surface area contributed by atoms with Crippen molar-refractivity contribution in [3.63, 3.8) is 0 Å². The topological polar surface area (TPSA) is 99.3 Å². The summed E-state index contributed by atoms with van der Waals surface area (Å²) < 4.78 is 1.56. The van der Waals surface area contributed by atoms with Crippen LogP contribution in [-0.2, 0) is 0 Å². The van der Waals surface area contributed by atoms with Crippen LogP contribution in [0.2, 0.25) is 0 Å². The van der Waals surface area contributed by atoms with E-state index >= 15 is 0 Å². The Morgan fingerprint density at radius 3 is 2.36 bits per heavy atom. The lowest BCUT2D eigenvalue weighted by Gasteiger charge is -2.03. The molecule has 0 fully saturated rings. The zero-order valence-electron chi connectivity index (χ0n) is 13.1. The van der Waals surface area contributed by atoms with E-state index < -0.39 is 15.7 Å². The number of rotatable bonds is 4. The number of fused-ring (bicyclic) bond motifs is 1. The zero-order chi connectivity index (χ0) is 18.1. The average molecular weight is 356 g/mol. The average Bonchev–Trinajstić information content (AvgIpc) is 2.95. The number of nitro groups is 1. The molecule has 0 radical (unpaired) electrons. The van der Waals surface area contributed by atoms with Gasteiger partial charge in [0.05, 0.1) is 15.1 Å². The summed E-state index contributed by atoms with van der Waals surface area (Å²) in [5.74, 6) is -0.614. The summed E-state index contributed by atoms with van der Waals surface area (Å²) in [7, 11) is 0. The summed E-state index contributed by atoms with van der Waals surface area (Å²) in [6.45, 7) is 1.75. The van der Waals surface area contributed by atoms with E-state index in [2.05, 4.69) is 0 Å². The van der Waals surface area contributed by atoms with E-state index in [1.54, 1.807) is 25.1 Å². The Morgan fingerprint density at radius 1 is 1.12 bits per heavy atom. The molecule has 1 aromatic heterocycles. The van der Waals surface area contributed by atoms with Crippen molar-refractivity contribution in [3.05, 3.63) is 73.4 Å². The number of hydrogen-bond donors (Lipinski definition) is 0. The van der Waals surface area contributed by atoms with Crippen molar-refractivity contribution in [1.82, 2.24) is 4.57 Å². The highest BCUT2D eigenvalue weighted by atomic mass is 32.1. The van der Waals surface area contributed by atoms with Crippen molar-refractivity contribution in [2.24, 2.45) is 0 Å². The maximum Gasteiger partial charge on any atom is 0.315 e. The van der Waals surface area contributed by atoms with Crippen LogP contribution in [0, 0.1) is 10.1 Å². The van der Waals surface area contributed by atoms with Gasteiger partial charge in [-0.25, -0.2) is 4.57 Å². The number of hydrogen-bond acceptors (Lipinski definition) is 6. The second-order valence-corrected chi connectivity index (χ2v) is 6.26. The summed E-state index contributed by atoms with van der Waals surface area (Å²) >= 11 is 0.878. The lowest BCUT2D eigenvalue weighted by molar-refractivity contribution is -0.384. The van der Waals surface area contributed by atoms with Gasteiger partial charge in [-0.3, -0.25) is 24.5 Å². The number of ketones is 1. The number of nitrogens with zero attached hydrogens (tertiary/aromatic N) is 2. The fourth-order valence-corrected chi connectivity index (χ4v) is 3.35. The Morgan fingerprint density at radius 2 is 1.76 bits per heavy atom. The van der Waals surface area contributed by atoms with Gasteiger partial charge in [0.15, 0.2) is 5.78 Å². The summed E-state index contributed by atoms with van der Waals surface area (Å²) in [5.41, 5.74) is 0.931. The predicted octanol–water partition coefficient (Wildman–Crippen LogP) is 3.25. The molecule has 0 aliphatic rings. The number of nitro benzene ring substituents is 1. The molecule has 0 saturated heterocycles. The Kier molecular flexibility index (Phi) is 4.28. The van der Waals surface area contributed by atoms with Crippen LogP contribution in [-0.4, -0.2) is 21.2 Å². The number of aromatic nitrogens is 1. The van der Waals surface area contributed by atoms with Crippen LogP contribution in [0.3, 0.4) is 0 Å². The van der Waals surface area contributed by atoms with E-state index in [0.717, 1.165) is 15.9 Å². The molecule has 0 saturated carbocycles. The molecule has 0 spiro atoms. The number of carbonyl (C=O) groups excluding carboxylic acids is 2. The van der Waals surface area contributed by atoms with E-state index in [9.17, 15) is 24.5 Å². The van der Waals surface area contributed by atoms with E-state index in [-0.39, 0.29) is 17.0 Å². The molecule has 0 unspecified atom stereocenters. The fraction of sp³-hybridized carbons (Fsp3) is 0.118. The lowest BCUT2D eigenvalue weighted by Crippen LogP contribution is -2.22. The van der Waals surface area contributed by atoms with Crippen LogP contribution in [0.1, 0.15) is 34.1 Å². The van der Waals surface area contributed by atoms with Crippen molar-refractivity contribution < 1.29 is 14.5 Å². The summed E-state index contributed by atoms with van der Waals surface area (Å²) in [6, 6.07) is 9.80. The SMILES string of the molecule is CCC(=O)c1ccc2c(c1)sc(=O)n2C(=O)c1ccc([N+](=O)[O-])cc1. The molecule has 7 nitrogen and oxygen atoms in total. The molecule has 126 valence electrons. The first-order valence-corrected chi connectivity index (χ1v) is 8.22. The summed E-state index contributed by atoms with van der Waals surface area (Å²) in [4.78, 5) is 46.3. The summed E-state index contributed by atoms with van der Waals surface area (Å²) in [6.07, 6.45) is 0.350. The van der Waals surface area contributed by atoms with Crippen LogP contribution in [0.5, 0.6) is 0 Å². The van der Waals surface area contributed by atoms with Crippen LogP contribution >= 0.6 is 11.3 Å². The van der Waals surface area contributed by atoms with Gasteiger partial charge in [0.2, 0.25) is 0 Å². The monoisotopic (exact) mass is 356 g/mol. The van der Waals surface area contributed by atoms with Gasteiger partial charge in [-0.2, -0.15) is 0 Å². The minimum atomic E-state index is -0.569. The maximum absolute atomic E-state index is 12.6. The molecule has 0 aliphatic carbocycles. The van der Waals surface area contributed by atoms with E-state index in [1.165, 1.54) is 24.3 Å². The molecule has 3 rings (SSSR count). The first-order chi connectivity index (χ1) is 11.9. The highest BCUT2D eigenvalue weighted by molar-refractivity contribution is 7.16. The van der Waals surface area contributed by atoms with Gasteiger partial charge in [0, 0.05) is 29.7 Å². The molecule has 0 bridgehead atoms. The Bertz CT molecular complexity index is 1060. The van der Waals surface area contributed by atoms with Crippen molar-refractivity contribution in [1.29, 1.82) is 0 Å².